The molecule has 2 heterocycles. The van der Waals surface area contributed by atoms with Crippen molar-refractivity contribution in [3.8, 4) is 0 Å². The van der Waals surface area contributed by atoms with Crippen LogP contribution in [0.25, 0.3) is 10.9 Å². The number of carbonyl (C=O) groups excluding carboxylic acids is 1. The lowest BCUT2D eigenvalue weighted by Crippen LogP contribution is -2.13. The van der Waals surface area contributed by atoms with Crippen molar-refractivity contribution >= 4 is 22.6 Å². The zero-order valence-corrected chi connectivity index (χ0v) is 10.7. The quantitative estimate of drug-likeness (QED) is 0.658. The summed E-state index contributed by atoms with van der Waals surface area (Å²) in [6, 6.07) is 9.55. The fourth-order valence-corrected chi connectivity index (χ4v) is 2.23. The van der Waals surface area contributed by atoms with Gasteiger partial charge in [-0.1, -0.05) is 18.2 Å². The van der Waals surface area contributed by atoms with Gasteiger partial charge in [-0.05, 0) is 19.9 Å². The van der Waals surface area contributed by atoms with E-state index in [4.69, 9.17) is 0 Å². The number of para-hydroxylation sites is 1. The molecular weight excluding hydrogens is 240 g/mol. The second-order valence-electron chi connectivity index (χ2n) is 4.56. The molecule has 0 radical (unpaired) electrons. The summed E-state index contributed by atoms with van der Waals surface area (Å²) >= 11 is 0. The van der Waals surface area contributed by atoms with Crippen LogP contribution in [0.15, 0.2) is 30.3 Å². The summed E-state index contributed by atoms with van der Waals surface area (Å²) in [6.45, 7) is 3.78. The third-order valence-electron chi connectivity index (χ3n) is 3.07. The lowest BCUT2D eigenvalue weighted by atomic mass is 10.1. The van der Waals surface area contributed by atoms with E-state index in [1.165, 1.54) is 0 Å². The first-order valence-corrected chi connectivity index (χ1v) is 6.06. The molecule has 3 N–H and O–H groups in total. The molecule has 2 aromatic heterocycles. The van der Waals surface area contributed by atoms with Gasteiger partial charge in [0.2, 0.25) is 0 Å². The van der Waals surface area contributed by atoms with E-state index in [2.05, 4.69) is 20.5 Å². The second-order valence-corrected chi connectivity index (χ2v) is 4.56. The highest BCUT2D eigenvalue weighted by atomic mass is 16.1. The molecular formula is C14H14N4O. The van der Waals surface area contributed by atoms with Crippen LogP contribution in [-0.4, -0.2) is 21.1 Å². The molecule has 1 amide bonds. The Morgan fingerprint density at radius 2 is 2.05 bits per heavy atom. The van der Waals surface area contributed by atoms with Gasteiger partial charge in [-0.25, -0.2) is 0 Å². The van der Waals surface area contributed by atoms with E-state index in [-0.39, 0.29) is 5.91 Å². The second kappa shape index (κ2) is 4.28. The Bertz CT molecular complexity index is 754. The van der Waals surface area contributed by atoms with Crippen molar-refractivity contribution in [3.63, 3.8) is 0 Å². The maximum atomic E-state index is 12.3. The van der Waals surface area contributed by atoms with Crippen molar-refractivity contribution in [1.29, 1.82) is 0 Å². The number of aromatic amines is 2. The Morgan fingerprint density at radius 3 is 2.79 bits per heavy atom. The number of rotatable bonds is 2. The molecule has 19 heavy (non-hydrogen) atoms. The summed E-state index contributed by atoms with van der Waals surface area (Å²) in [4.78, 5) is 15.5. The molecule has 0 aliphatic heterocycles. The number of aromatic nitrogens is 3. The summed E-state index contributed by atoms with van der Waals surface area (Å²) in [6.07, 6.45) is 0. The SMILES string of the molecule is Cc1cc(NC(=O)c2c(C)[nH]c3ccccc23)n[nH]1. The van der Waals surface area contributed by atoms with Crippen LogP contribution in [-0.2, 0) is 0 Å². The molecule has 0 unspecified atom stereocenters. The van der Waals surface area contributed by atoms with Gasteiger partial charge in [-0.3, -0.25) is 9.89 Å². The number of amides is 1. The number of H-pyrrole nitrogens is 2. The van der Waals surface area contributed by atoms with Crippen LogP contribution in [0.4, 0.5) is 5.82 Å². The Morgan fingerprint density at radius 1 is 1.26 bits per heavy atom. The number of hydrogen-bond acceptors (Lipinski definition) is 2. The molecule has 0 saturated heterocycles. The molecule has 0 fully saturated rings. The molecule has 3 aromatic rings. The minimum absolute atomic E-state index is 0.151. The predicted molar refractivity (Wildman–Crippen MR) is 74.3 cm³/mol. The van der Waals surface area contributed by atoms with E-state index in [0.717, 1.165) is 22.3 Å². The normalized spacial score (nSPS) is 10.8. The molecule has 0 bridgehead atoms. The van der Waals surface area contributed by atoms with Crippen LogP contribution >= 0.6 is 0 Å². The van der Waals surface area contributed by atoms with Gasteiger partial charge in [-0.15, -0.1) is 0 Å². The molecule has 0 aliphatic carbocycles. The lowest BCUT2D eigenvalue weighted by molar-refractivity contribution is 0.102. The van der Waals surface area contributed by atoms with Crippen molar-refractivity contribution in [2.45, 2.75) is 13.8 Å². The third-order valence-corrected chi connectivity index (χ3v) is 3.07. The average Bonchev–Trinajstić information content (AvgIpc) is 2.91. The van der Waals surface area contributed by atoms with Gasteiger partial charge in [0.25, 0.3) is 5.91 Å². The average molecular weight is 254 g/mol. The molecule has 96 valence electrons. The van der Waals surface area contributed by atoms with Gasteiger partial charge in [0.05, 0.1) is 5.56 Å². The Hall–Kier alpha value is -2.56. The summed E-state index contributed by atoms with van der Waals surface area (Å²) in [7, 11) is 0. The van der Waals surface area contributed by atoms with E-state index in [9.17, 15) is 4.79 Å². The molecule has 1 aromatic carbocycles. The van der Waals surface area contributed by atoms with Crippen molar-refractivity contribution < 1.29 is 4.79 Å². The van der Waals surface area contributed by atoms with Gasteiger partial charge in [0, 0.05) is 28.4 Å². The molecule has 5 nitrogen and oxygen atoms in total. The van der Waals surface area contributed by atoms with E-state index < -0.39 is 0 Å². The number of fused-ring (bicyclic) bond motifs is 1. The van der Waals surface area contributed by atoms with E-state index in [1.54, 1.807) is 6.07 Å². The van der Waals surface area contributed by atoms with Crippen molar-refractivity contribution in [2.75, 3.05) is 5.32 Å². The van der Waals surface area contributed by atoms with Gasteiger partial charge < -0.3 is 10.3 Å². The minimum Gasteiger partial charge on any atom is -0.358 e. The molecule has 0 aliphatic rings. The fraction of sp³-hybridized carbons (Fsp3) is 0.143. The van der Waals surface area contributed by atoms with Crippen molar-refractivity contribution in [3.05, 3.63) is 47.3 Å². The minimum atomic E-state index is -0.151. The van der Waals surface area contributed by atoms with Crippen LogP contribution < -0.4 is 5.32 Å². The summed E-state index contributed by atoms with van der Waals surface area (Å²) in [5.74, 6) is 0.383. The number of anilines is 1. The summed E-state index contributed by atoms with van der Waals surface area (Å²) in [5.41, 5.74) is 3.39. The van der Waals surface area contributed by atoms with Crippen LogP contribution in [0.1, 0.15) is 21.7 Å². The first-order valence-electron chi connectivity index (χ1n) is 6.06. The zero-order valence-electron chi connectivity index (χ0n) is 10.7. The smallest absolute Gasteiger partial charge is 0.259 e. The first kappa shape index (κ1) is 11.5. The van der Waals surface area contributed by atoms with Crippen LogP contribution in [0.3, 0.4) is 0 Å². The molecule has 5 heteroatoms. The zero-order chi connectivity index (χ0) is 13.4. The van der Waals surface area contributed by atoms with Crippen LogP contribution in [0.5, 0.6) is 0 Å². The number of aryl methyl sites for hydroxylation is 2. The van der Waals surface area contributed by atoms with E-state index in [0.29, 0.717) is 11.4 Å². The largest absolute Gasteiger partial charge is 0.358 e. The van der Waals surface area contributed by atoms with Gasteiger partial charge in [0.15, 0.2) is 5.82 Å². The Labute approximate surface area is 110 Å². The molecule has 0 atom stereocenters. The summed E-state index contributed by atoms with van der Waals surface area (Å²) < 4.78 is 0. The highest BCUT2D eigenvalue weighted by Gasteiger charge is 2.16. The van der Waals surface area contributed by atoms with Crippen molar-refractivity contribution in [2.24, 2.45) is 0 Å². The Kier molecular flexibility index (Phi) is 2.59. The lowest BCUT2D eigenvalue weighted by Gasteiger charge is -2.01. The maximum Gasteiger partial charge on any atom is 0.259 e. The maximum absolute atomic E-state index is 12.3. The van der Waals surface area contributed by atoms with Crippen molar-refractivity contribution in [1.82, 2.24) is 15.2 Å². The van der Waals surface area contributed by atoms with Crippen LogP contribution in [0.2, 0.25) is 0 Å². The molecule has 0 spiro atoms. The first-order chi connectivity index (χ1) is 9.15. The standard InChI is InChI=1S/C14H14N4O/c1-8-7-12(18-17-8)16-14(19)13-9(2)15-11-6-4-3-5-10(11)13/h3-7,15H,1-2H3,(H2,16,17,18,19). The number of hydrogen-bond donors (Lipinski definition) is 3. The summed E-state index contributed by atoms with van der Waals surface area (Å²) in [5, 5.41) is 10.5. The number of benzene rings is 1. The topological polar surface area (TPSA) is 73.6 Å². The Balaban J connectivity index is 1.99. The monoisotopic (exact) mass is 254 g/mol. The number of nitrogens with one attached hydrogen (secondary N) is 3. The predicted octanol–water partition coefficient (Wildman–Crippen LogP) is 2.76. The van der Waals surface area contributed by atoms with E-state index in [1.807, 2.05) is 38.1 Å². The van der Waals surface area contributed by atoms with Gasteiger partial charge >= 0.3 is 0 Å². The van der Waals surface area contributed by atoms with Gasteiger partial charge in [-0.2, -0.15) is 5.10 Å². The highest BCUT2D eigenvalue weighted by Crippen LogP contribution is 2.22. The molecule has 0 saturated carbocycles. The third kappa shape index (κ3) is 1.99. The highest BCUT2D eigenvalue weighted by molar-refractivity contribution is 6.13. The van der Waals surface area contributed by atoms with Crippen LogP contribution in [0, 0.1) is 13.8 Å². The van der Waals surface area contributed by atoms with Gasteiger partial charge in [0.1, 0.15) is 0 Å². The molecule has 3 rings (SSSR count). The fourth-order valence-electron chi connectivity index (χ4n) is 2.23. The number of carbonyl (C=O) groups is 1. The number of nitrogens with zero attached hydrogens (tertiary/aromatic N) is 1. The van der Waals surface area contributed by atoms with E-state index >= 15 is 0 Å².